The van der Waals surface area contributed by atoms with E-state index in [-0.39, 0.29) is 6.61 Å². The molecule has 2 heterocycles. The molecule has 1 aliphatic rings. The van der Waals surface area contributed by atoms with E-state index in [1.807, 2.05) is 30.0 Å². The summed E-state index contributed by atoms with van der Waals surface area (Å²) >= 11 is 13.4. The number of thioether (sulfide) groups is 3. The lowest BCUT2D eigenvalue weighted by atomic mass is 10.00. The first-order valence-electron chi connectivity index (χ1n) is 9.78. The number of nitrogens with zero attached hydrogens (tertiary/aromatic N) is 2. The van der Waals surface area contributed by atoms with Gasteiger partial charge in [-0.1, -0.05) is 48.2 Å². The standard InChI is InChI=1S/C21H22N2OS3.CH3Cl.CH4S/c22-14-18-17(16-7-2-1-3-8-16)13-19(20-9-6-12-26-20)23-21(18)27-15-25-11-5-4-10-24;2*1-2/h1-3,6-8,12-13,20,24H,4-5,9-11,15H2;1H3;2H,1H3. The number of halogens is 1. The van der Waals surface area contributed by atoms with Crippen molar-refractivity contribution in [2.45, 2.75) is 29.5 Å². The lowest BCUT2D eigenvalue weighted by Gasteiger charge is -2.15. The molecule has 0 aliphatic carbocycles. The van der Waals surface area contributed by atoms with Gasteiger partial charge in [-0.3, -0.25) is 0 Å². The molecule has 0 saturated carbocycles. The van der Waals surface area contributed by atoms with E-state index >= 15 is 0 Å². The van der Waals surface area contributed by atoms with Crippen LogP contribution in [0.15, 0.2) is 52.9 Å². The normalized spacial score (nSPS) is 14.1. The number of aromatic nitrogens is 1. The van der Waals surface area contributed by atoms with Gasteiger partial charge >= 0.3 is 0 Å². The zero-order valence-electron chi connectivity index (χ0n) is 17.8. The topological polar surface area (TPSA) is 56.9 Å². The second-order valence-electron chi connectivity index (χ2n) is 6.09. The van der Waals surface area contributed by atoms with E-state index < -0.39 is 0 Å². The Balaban J connectivity index is 0.00000113. The van der Waals surface area contributed by atoms with Crippen LogP contribution >= 0.6 is 59.5 Å². The summed E-state index contributed by atoms with van der Waals surface area (Å²) in [6.07, 6.45) is 8.19. The fourth-order valence-corrected chi connectivity index (χ4v) is 5.84. The highest BCUT2D eigenvalue weighted by Gasteiger charge is 2.21. The predicted octanol–water partition coefficient (Wildman–Crippen LogP) is 7.27. The van der Waals surface area contributed by atoms with Crippen LogP contribution in [0.2, 0.25) is 0 Å². The van der Waals surface area contributed by atoms with Crippen molar-refractivity contribution < 1.29 is 5.11 Å². The Hall–Kier alpha value is -0.750. The first-order valence-corrected chi connectivity index (χ1v) is 14.5. The summed E-state index contributed by atoms with van der Waals surface area (Å²) in [5.74, 6) is 1.02. The molecule has 1 aromatic carbocycles. The smallest absolute Gasteiger partial charge is 0.116 e. The molecule has 1 aromatic heterocycles. The molecule has 168 valence electrons. The lowest BCUT2D eigenvalue weighted by molar-refractivity contribution is 0.287. The molecule has 3 nitrogen and oxygen atoms in total. The van der Waals surface area contributed by atoms with Gasteiger partial charge in [-0.05, 0) is 48.3 Å². The summed E-state index contributed by atoms with van der Waals surface area (Å²) in [5, 5.41) is 22.9. The summed E-state index contributed by atoms with van der Waals surface area (Å²) in [5.41, 5.74) is 3.76. The second kappa shape index (κ2) is 17.8. The molecule has 0 bridgehead atoms. The molecule has 0 fully saturated rings. The van der Waals surface area contributed by atoms with Gasteiger partial charge in [0.05, 0.1) is 16.5 Å². The summed E-state index contributed by atoms with van der Waals surface area (Å²) in [7, 11) is 0. The minimum Gasteiger partial charge on any atom is -0.396 e. The monoisotopic (exact) mass is 512 g/mol. The van der Waals surface area contributed by atoms with Crippen molar-refractivity contribution >= 4 is 59.5 Å². The number of aliphatic hydroxyl groups excluding tert-OH is 1. The maximum Gasteiger partial charge on any atom is 0.116 e. The number of nitriles is 1. The maximum atomic E-state index is 9.83. The van der Waals surface area contributed by atoms with Gasteiger partial charge in [0.25, 0.3) is 0 Å². The summed E-state index contributed by atoms with van der Waals surface area (Å²) in [6, 6.07) is 14.6. The summed E-state index contributed by atoms with van der Waals surface area (Å²) < 4.78 is 0. The van der Waals surface area contributed by atoms with Crippen LogP contribution in [0.4, 0.5) is 0 Å². The van der Waals surface area contributed by atoms with Crippen LogP contribution in [0.3, 0.4) is 0 Å². The van der Waals surface area contributed by atoms with E-state index in [2.05, 4.69) is 60.0 Å². The van der Waals surface area contributed by atoms with Crippen LogP contribution in [0.5, 0.6) is 0 Å². The Morgan fingerprint density at radius 2 is 2.00 bits per heavy atom. The Morgan fingerprint density at radius 1 is 1.26 bits per heavy atom. The van der Waals surface area contributed by atoms with E-state index in [9.17, 15) is 5.26 Å². The highest BCUT2D eigenvalue weighted by molar-refractivity contribution is 8.16. The number of benzene rings is 1. The van der Waals surface area contributed by atoms with Gasteiger partial charge in [-0.2, -0.15) is 29.7 Å². The third-order valence-electron chi connectivity index (χ3n) is 4.20. The van der Waals surface area contributed by atoms with Crippen LogP contribution < -0.4 is 0 Å². The molecule has 0 spiro atoms. The molecule has 0 amide bonds. The van der Waals surface area contributed by atoms with E-state index in [1.54, 1.807) is 29.8 Å². The Bertz CT molecular complexity index is 820. The second-order valence-corrected chi connectivity index (χ2v) is 9.63. The van der Waals surface area contributed by atoms with Crippen molar-refractivity contribution in [3.05, 3.63) is 59.1 Å². The average molecular weight is 513 g/mol. The van der Waals surface area contributed by atoms with Gasteiger partial charge in [-0.15, -0.1) is 23.4 Å². The molecule has 8 heteroatoms. The van der Waals surface area contributed by atoms with Crippen molar-refractivity contribution in [2.75, 3.05) is 30.1 Å². The number of rotatable bonds is 9. The molecule has 1 atom stereocenters. The Morgan fingerprint density at radius 3 is 2.61 bits per heavy atom. The zero-order chi connectivity index (χ0) is 22.9. The zero-order valence-corrected chi connectivity index (χ0v) is 21.9. The van der Waals surface area contributed by atoms with Crippen molar-refractivity contribution in [3.8, 4) is 17.2 Å². The van der Waals surface area contributed by atoms with Gasteiger partial charge in [-0.25, -0.2) is 4.98 Å². The van der Waals surface area contributed by atoms with Crippen LogP contribution in [0, 0.1) is 11.3 Å². The predicted molar refractivity (Wildman–Crippen MR) is 145 cm³/mol. The number of hydrogen-bond donors (Lipinski definition) is 2. The molecule has 1 N–H and O–H groups in total. The van der Waals surface area contributed by atoms with Crippen molar-refractivity contribution in [2.24, 2.45) is 0 Å². The van der Waals surface area contributed by atoms with Crippen molar-refractivity contribution in [1.82, 2.24) is 4.98 Å². The first kappa shape index (κ1) is 28.3. The highest BCUT2D eigenvalue weighted by atomic mass is 35.5. The highest BCUT2D eigenvalue weighted by Crippen LogP contribution is 2.41. The number of hydrogen-bond acceptors (Lipinski definition) is 7. The van der Waals surface area contributed by atoms with Gasteiger partial charge in [0.2, 0.25) is 0 Å². The van der Waals surface area contributed by atoms with Crippen LogP contribution in [0.1, 0.15) is 35.8 Å². The van der Waals surface area contributed by atoms with Gasteiger partial charge in [0.15, 0.2) is 0 Å². The molecule has 0 saturated heterocycles. The van der Waals surface area contributed by atoms with Gasteiger partial charge < -0.3 is 5.11 Å². The van der Waals surface area contributed by atoms with E-state index in [0.29, 0.717) is 10.8 Å². The SMILES string of the molecule is CCl.CS.N#Cc1c(-c2ccccc2)cc(C2CC=CS2)nc1SCSCCCCO. The minimum absolute atomic E-state index is 0.253. The largest absolute Gasteiger partial charge is 0.396 e. The van der Waals surface area contributed by atoms with Crippen LogP contribution in [-0.4, -0.2) is 40.2 Å². The molecule has 2 aromatic rings. The van der Waals surface area contributed by atoms with Gasteiger partial charge in [0, 0.05) is 23.6 Å². The molecule has 1 unspecified atom stereocenters. The van der Waals surface area contributed by atoms with E-state index in [4.69, 9.17) is 10.1 Å². The van der Waals surface area contributed by atoms with Crippen LogP contribution in [-0.2, 0) is 0 Å². The average Bonchev–Trinajstić information content (AvgIpc) is 3.39. The van der Waals surface area contributed by atoms with E-state index in [0.717, 1.165) is 51.9 Å². The van der Waals surface area contributed by atoms with Crippen molar-refractivity contribution in [1.29, 1.82) is 5.26 Å². The number of alkyl halides is 1. The molecule has 3 rings (SSSR count). The Kier molecular flexibility index (Phi) is 16.2. The molecule has 31 heavy (non-hydrogen) atoms. The summed E-state index contributed by atoms with van der Waals surface area (Å²) in [6.45, 7) is 0.253. The van der Waals surface area contributed by atoms with Crippen molar-refractivity contribution in [3.63, 3.8) is 0 Å². The third-order valence-corrected chi connectivity index (χ3v) is 7.59. The number of unbranched alkanes of at least 4 members (excludes halogenated alkanes) is 1. The number of pyridine rings is 1. The van der Waals surface area contributed by atoms with Crippen LogP contribution in [0.25, 0.3) is 11.1 Å². The number of allylic oxidation sites excluding steroid dienone is 1. The quantitative estimate of drug-likeness (QED) is 0.121. The fraction of sp³-hybridized carbons (Fsp3) is 0.391. The summed E-state index contributed by atoms with van der Waals surface area (Å²) in [4.78, 5) is 4.87. The van der Waals surface area contributed by atoms with E-state index in [1.165, 1.54) is 6.38 Å². The third kappa shape index (κ3) is 9.33. The molecule has 1 aliphatic heterocycles. The lowest BCUT2D eigenvalue weighted by Crippen LogP contribution is -2.01. The molecular formula is C23H29ClN2OS4. The number of thiol groups is 1. The van der Waals surface area contributed by atoms with Gasteiger partial charge in [0.1, 0.15) is 11.1 Å². The molecule has 0 radical (unpaired) electrons. The Labute approximate surface area is 209 Å². The first-order chi connectivity index (χ1) is 15.3. The minimum atomic E-state index is 0.253. The number of aliphatic hydroxyl groups is 1. The molecular weight excluding hydrogens is 484 g/mol. The maximum absolute atomic E-state index is 9.83. The fourth-order valence-electron chi connectivity index (χ4n) is 2.81.